The van der Waals surface area contributed by atoms with Crippen molar-refractivity contribution in [3.8, 4) is 17.2 Å². The fourth-order valence-corrected chi connectivity index (χ4v) is 9.14. The van der Waals surface area contributed by atoms with Crippen LogP contribution in [0.25, 0.3) is 0 Å². The van der Waals surface area contributed by atoms with Crippen LogP contribution in [0.15, 0.2) is 158 Å². The molecule has 8 heteroatoms. The molecule has 0 aliphatic carbocycles. The minimum atomic E-state index is -0.486. The molecule has 0 N–H and O–H groups in total. The second-order valence-corrected chi connectivity index (χ2v) is 15.9. The summed E-state index contributed by atoms with van der Waals surface area (Å²) in [5.41, 5.74) is 7.53. The van der Waals surface area contributed by atoms with Crippen LogP contribution >= 0.6 is 11.8 Å². The SMILES string of the molecule is CCOc1ccc(Cc2cc([C@@H]3S[C@H](COCc4ccccc4)[C@@H](OCc4ccccc4)[C@H](OCc4ccccc4)[C@H]3OCc3ccccc3)c(OC)cc2OC)cc1. The molecular weight excluding hydrogens is 757 g/mol. The maximum Gasteiger partial charge on any atom is 0.126 e. The van der Waals surface area contributed by atoms with Gasteiger partial charge in [0, 0.05) is 18.1 Å². The molecule has 0 saturated carbocycles. The van der Waals surface area contributed by atoms with E-state index in [0.717, 1.165) is 56.2 Å². The van der Waals surface area contributed by atoms with Crippen molar-refractivity contribution in [1.29, 1.82) is 0 Å². The summed E-state index contributed by atoms with van der Waals surface area (Å²) in [5, 5.41) is -0.368. The van der Waals surface area contributed by atoms with E-state index in [1.165, 1.54) is 0 Å². The zero-order valence-electron chi connectivity index (χ0n) is 34.1. The minimum Gasteiger partial charge on any atom is -0.496 e. The van der Waals surface area contributed by atoms with Gasteiger partial charge in [-0.3, -0.25) is 0 Å². The molecule has 1 saturated heterocycles. The molecule has 7 rings (SSSR count). The van der Waals surface area contributed by atoms with Crippen molar-refractivity contribution in [3.05, 3.63) is 197 Å². The van der Waals surface area contributed by atoms with Gasteiger partial charge in [-0.2, -0.15) is 0 Å². The van der Waals surface area contributed by atoms with Gasteiger partial charge < -0.3 is 33.2 Å². The van der Waals surface area contributed by atoms with Crippen LogP contribution in [-0.2, 0) is 51.8 Å². The van der Waals surface area contributed by atoms with E-state index in [2.05, 4.69) is 66.7 Å². The molecule has 0 radical (unpaired) electrons. The zero-order valence-corrected chi connectivity index (χ0v) is 34.9. The van der Waals surface area contributed by atoms with Crippen LogP contribution in [0.5, 0.6) is 17.2 Å². The first-order valence-corrected chi connectivity index (χ1v) is 21.3. The maximum absolute atomic E-state index is 7.12. The van der Waals surface area contributed by atoms with Crippen molar-refractivity contribution in [3.63, 3.8) is 0 Å². The Labute approximate surface area is 353 Å². The predicted molar refractivity (Wildman–Crippen MR) is 235 cm³/mol. The van der Waals surface area contributed by atoms with Gasteiger partial charge in [-0.05, 0) is 58.5 Å². The quantitative estimate of drug-likeness (QED) is 0.0755. The van der Waals surface area contributed by atoms with Gasteiger partial charge in [-0.15, -0.1) is 11.8 Å². The third-order valence-electron chi connectivity index (χ3n) is 10.5. The largest absolute Gasteiger partial charge is 0.496 e. The third kappa shape index (κ3) is 11.6. The van der Waals surface area contributed by atoms with Crippen LogP contribution < -0.4 is 14.2 Å². The normalized spacial score (nSPS) is 18.9. The van der Waals surface area contributed by atoms with Crippen molar-refractivity contribution in [2.75, 3.05) is 27.4 Å². The fourth-order valence-electron chi connectivity index (χ4n) is 7.48. The van der Waals surface area contributed by atoms with Crippen LogP contribution in [-0.4, -0.2) is 51.0 Å². The summed E-state index contributed by atoms with van der Waals surface area (Å²) in [6, 6.07) is 53.7. The average molecular weight is 811 g/mol. The summed E-state index contributed by atoms with van der Waals surface area (Å²) in [5.74, 6) is 2.32. The number of hydrogen-bond donors (Lipinski definition) is 0. The highest BCUT2D eigenvalue weighted by Gasteiger charge is 2.49. The lowest BCUT2D eigenvalue weighted by Gasteiger charge is -2.46. The molecule has 1 aliphatic rings. The van der Waals surface area contributed by atoms with Crippen LogP contribution in [0.4, 0.5) is 0 Å². The molecule has 6 aromatic carbocycles. The highest BCUT2D eigenvalue weighted by Crippen LogP contribution is 2.51. The summed E-state index contributed by atoms with van der Waals surface area (Å²) in [6.07, 6.45) is -0.666. The molecule has 0 bridgehead atoms. The highest BCUT2D eigenvalue weighted by atomic mass is 32.2. The Balaban J connectivity index is 1.30. The molecule has 7 nitrogen and oxygen atoms in total. The standard InChI is InChI=1S/C51H54O7S/c1-4-55-43-27-25-37(26-28-43)29-42-30-44(46(53-3)31-45(42)52-2)51-50(58-35-41-23-15-8-16-24-41)49(57-34-40-21-13-7-14-22-40)48(56-33-39-19-11-6-12-20-39)47(59-51)36-54-32-38-17-9-5-10-18-38/h5-28,30-31,47-51H,4,29,32-36H2,1-3H3/t47-,48-,49+,50-,51+/m1/s1. The third-order valence-corrected chi connectivity index (χ3v) is 12.0. The molecule has 5 atom stereocenters. The predicted octanol–water partition coefficient (Wildman–Crippen LogP) is 10.8. The van der Waals surface area contributed by atoms with Crippen LogP contribution in [0.1, 0.15) is 51.1 Å². The van der Waals surface area contributed by atoms with E-state index in [-0.39, 0.29) is 16.6 Å². The zero-order chi connectivity index (χ0) is 40.7. The number of rotatable bonds is 20. The fraction of sp³-hybridized carbons (Fsp3) is 0.294. The molecule has 59 heavy (non-hydrogen) atoms. The Morgan fingerprint density at radius 2 is 0.983 bits per heavy atom. The lowest BCUT2D eigenvalue weighted by molar-refractivity contribution is -0.160. The van der Waals surface area contributed by atoms with Gasteiger partial charge in [-0.1, -0.05) is 133 Å². The first-order valence-electron chi connectivity index (χ1n) is 20.3. The minimum absolute atomic E-state index is 0.133. The Hall–Kier alpha value is -5.09. The number of thioether (sulfide) groups is 1. The monoisotopic (exact) mass is 810 g/mol. The Bertz CT molecular complexity index is 2120. The van der Waals surface area contributed by atoms with Crippen LogP contribution in [0, 0.1) is 0 Å². The second kappa shape index (κ2) is 21.8. The molecule has 0 unspecified atom stereocenters. The Morgan fingerprint density at radius 1 is 0.492 bits per heavy atom. The van der Waals surface area contributed by atoms with E-state index in [9.17, 15) is 0 Å². The van der Waals surface area contributed by atoms with Crippen molar-refractivity contribution in [1.82, 2.24) is 0 Å². The van der Waals surface area contributed by atoms with Crippen molar-refractivity contribution < 1.29 is 33.2 Å². The van der Waals surface area contributed by atoms with E-state index >= 15 is 0 Å². The Morgan fingerprint density at radius 3 is 1.49 bits per heavy atom. The molecule has 1 heterocycles. The summed E-state index contributed by atoms with van der Waals surface area (Å²) >= 11 is 1.80. The average Bonchev–Trinajstić information content (AvgIpc) is 3.29. The molecule has 0 amide bonds. The van der Waals surface area contributed by atoms with Crippen molar-refractivity contribution >= 4 is 11.8 Å². The molecule has 6 aromatic rings. The van der Waals surface area contributed by atoms with Gasteiger partial charge in [0.05, 0.1) is 64.4 Å². The Kier molecular flexibility index (Phi) is 15.5. The van der Waals surface area contributed by atoms with Gasteiger partial charge in [-0.25, -0.2) is 0 Å². The molecule has 0 aromatic heterocycles. The second-order valence-electron chi connectivity index (χ2n) is 14.5. The van der Waals surface area contributed by atoms with E-state index in [1.54, 1.807) is 26.0 Å². The molecular formula is C51H54O7S. The van der Waals surface area contributed by atoms with Crippen LogP contribution in [0.3, 0.4) is 0 Å². The van der Waals surface area contributed by atoms with Gasteiger partial charge in [0.1, 0.15) is 35.6 Å². The topological polar surface area (TPSA) is 64.6 Å². The summed E-state index contributed by atoms with van der Waals surface area (Å²) in [4.78, 5) is 0. The smallest absolute Gasteiger partial charge is 0.126 e. The number of benzene rings is 6. The number of methoxy groups -OCH3 is 2. The lowest BCUT2D eigenvalue weighted by atomic mass is 9.93. The molecule has 306 valence electrons. The van der Waals surface area contributed by atoms with E-state index in [4.69, 9.17) is 33.2 Å². The van der Waals surface area contributed by atoms with E-state index in [0.29, 0.717) is 46.1 Å². The molecule has 0 spiro atoms. The van der Waals surface area contributed by atoms with Crippen molar-refractivity contribution in [2.24, 2.45) is 0 Å². The summed E-state index contributed by atoms with van der Waals surface area (Å²) in [7, 11) is 3.42. The lowest BCUT2D eigenvalue weighted by Crippen LogP contribution is -2.54. The molecule has 1 aliphatic heterocycles. The van der Waals surface area contributed by atoms with E-state index < -0.39 is 12.2 Å². The van der Waals surface area contributed by atoms with Gasteiger partial charge in [0.15, 0.2) is 0 Å². The first-order chi connectivity index (χ1) is 29.1. The summed E-state index contributed by atoms with van der Waals surface area (Å²) in [6.45, 7) is 4.73. The number of hydrogen-bond acceptors (Lipinski definition) is 8. The van der Waals surface area contributed by atoms with E-state index in [1.807, 2.05) is 97.9 Å². The number of ether oxygens (including phenoxy) is 7. The summed E-state index contributed by atoms with van der Waals surface area (Å²) < 4.78 is 45.7. The van der Waals surface area contributed by atoms with Crippen LogP contribution in [0.2, 0.25) is 0 Å². The van der Waals surface area contributed by atoms with Gasteiger partial charge in [0.2, 0.25) is 0 Å². The first kappa shape index (κ1) is 42.0. The van der Waals surface area contributed by atoms with Gasteiger partial charge in [0.25, 0.3) is 0 Å². The highest BCUT2D eigenvalue weighted by molar-refractivity contribution is 8.00. The maximum atomic E-state index is 7.12. The van der Waals surface area contributed by atoms with Crippen molar-refractivity contribution in [2.45, 2.75) is 68.6 Å². The van der Waals surface area contributed by atoms with Gasteiger partial charge >= 0.3 is 0 Å². The molecule has 1 fully saturated rings.